The van der Waals surface area contributed by atoms with Crippen LogP contribution >= 0.6 is 0 Å². The van der Waals surface area contributed by atoms with Gasteiger partial charge in [-0.15, -0.1) is 0 Å². The molecular formula is C54H32N4. The van der Waals surface area contributed by atoms with Gasteiger partial charge < -0.3 is 0 Å². The molecule has 0 radical (unpaired) electrons. The molecule has 0 fully saturated rings. The second-order valence-corrected chi connectivity index (χ2v) is 14.7. The molecule has 1 aliphatic carbocycles. The van der Waals surface area contributed by atoms with Crippen molar-refractivity contribution in [2.24, 2.45) is 0 Å². The molecule has 58 heavy (non-hydrogen) atoms. The van der Waals surface area contributed by atoms with E-state index < -0.39 is 0 Å². The lowest BCUT2D eigenvalue weighted by Gasteiger charge is -2.16. The number of aromatic nitrogens is 3. The molecule has 0 amide bonds. The van der Waals surface area contributed by atoms with Crippen LogP contribution < -0.4 is 0 Å². The highest BCUT2D eigenvalue weighted by atomic mass is 15.0. The summed E-state index contributed by atoms with van der Waals surface area (Å²) in [5, 5.41) is 14.2. The molecule has 0 spiro atoms. The summed E-state index contributed by atoms with van der Waals surface area (Å²) in [6, 6.07) is 70.1. The Kier molecular flexibility index (Phi) is 7.84. The smallest absolute Gasteiger partial charge is 0.164 e. The average Bonchev–Trinajstić information content (AvgIpc) is 3.63. The van der Waals surface area contributed by atoms with Crippen molar-refractivity contribution in [3.8, 4) is 95.9 Å². The van der Waals surface area contributed by atoms with E-state index in [-0.39, 0.29) is 0 Å². The number of nitriles is 1. The van der Waals surface area contributed by atoms with Crippen molar-refractivity contribution < 1.29 is 0 Å². The molecule has 0 unspecified atom stereocenters. The van der Waals surface area contributed by atoms with Gasteiger partial charge in [0.15, 0.2) is 17.5 Å². The van der Waals surface area contributed by atoms with Crippen LogP contribution in [0, 0.1) is 11.3 Å². The van der Waals surface area contributed by atoms with Gasteiger partial charge in [0, 0.05) is 16.7 Å². The summed E-state index contributed by atoms with van der Waals surface area (Å²) in [5.41, 5.74) is 15.5. The van der Waals surface area contributed by atoms with Gasteiger partial charge in [0.2, 0.25) is 0 Å². The minimum atomic E-state index is 0.637. The Morgan fingerprint density at radius 1 is 0.293 bits per heavy atom. The van der Waals surface area contributed by atoms with Crippen LogP contribution in [0.4, 0.5) is 0 Å². The molecule has 0 saturated heterocycles. The van der Waals surface area contributed by atoms with E-state index in [1.54, 1.807) is 0 Å². The summed E-state index contributed by atoms with van der Waals surface area (Å²) in [6.07, 6.45) is 0. The number of fused-ring (bicyclic) bond motifs is 4. The first-order valence-electron chi connectivity index (χ1n) is 19.4. The van der Waals surface area contributed by atoms with Crippen LogP contribution in [0.3, 0.4) is 0 Å². The second-order valence-electron chi connectivity index (χ2n) is 14.7. The molecule has 1 aliphatic rings. The first kappa shape index (κ1) is 33.3. The molecule has 0 atom stereocenters. The fourth-order valence-corrected chi connectivity index (χ4v) is 8.45. The van der Waals surface area contributed by atoms with E-state index in [0.717, 1.165) is 49.7 Å². The molecule has 0 saturated carbocycles. The lowest BCUT2D eigenvalue weighted by Crippen LogP contribution is -2.00. The SMILES string of the molecule is N#Cc1ccc2cc(-c3ccc4c5c(ccc(-c6ccc(-c7ccc(-c8nc(-c9ccccc9)nc(-c9ccccc9)n8)cc7)cc6)c35)-c3ccccc3-4)ccc2c1. The predicted molar refractivity (Wildman–Crippen MR) is 237 cm³/mol. The zero-order chi connectivity index (χ0) is 38.6. The van der Waals surface area contributed by atoms with E-state index in [1.165, 1.54) is 44.2 Å². The number of rotatable bonds is 6. The summed E-state index contributed by atoms with van der Waals surface area (Å²) in [6.45, 7) is 0. The number of benzene rings is 9. The second kappa shape index (κ2) is 13.6. The molecule has 1 heterocycles. The Morgan fingerprint density at radius 3 is 1.24 bits per heavy atom. The van der Waals surface area contributed by atoms with Gasteiger partial charge in [0.25, 0.3) is 0 Å². The monoisotopic (exact) mass is 736 g/mol. The first-order chi connectivity index (χ1) is 28.7. The van der Waals surface area contributed by atoms with E-state index in [4.69, 9.17) is 15.0 Å². The Labute approximate surface area is 336 Å². The number of hydrogen-bond acceptors (Lipinski definition) is 4. The zero-order valence-electron chi connectivity index (χ0n) is 31.3. The van der Waals surface area contributed by atoms with Crippen LogP contribution in [-0.4, -0.2) is 15.0 Å². The lowest BCUT2D eigenvalue weighted by molar-refractivity contribution is 1.07. The summed E-state index contributed by atoms with van der Waals surface area (Å²) >= 11 is 0. The van der Waals surface area contributed by atoms with E-state index >= 15 is 0 Å². The largest absolute Gasteiger partial charge is 0.208 e. The van der Waals surface area contributed by atoms with Crippen LogP contribution in [0.5, 0.6) is 0 Å². The highest BCUT2D eigenvalue weighted by Crippen LogP contribution is 2.52. The maximum absolute atomic E-state index is 9.48. The average molecular weight is 737 g/mol. The molecule has 11 rings (SSSR count). The zero-order valence-corrected chi connectivity index (χ0v) is 31.3. The molecular weight excluding hydrogens is 705 g/mol. The van der Waals surface area contributed by atoms with E-state index in [9.17, 15) is 5.26 Å². The van der Waals surface area contributed by atoms with E-state index in [1.807, 2.05) is 78.9 Å². The first-order valence-corrected chi connectivity index (χ1v) is 19.4. The lowest BCUT2D eigenvalue weighted by atomic mass is 9.87. The van der Waals surface area contributed by atoms with Gasteiger partial charge in [-0.05, 0) is 95.4 Å². The van der Waals surface area contributed by atoms with Crippen molar-refractivity contribution in [3.63, 3.8) is 0 Å². The van der Waals surface area contributed by atoms with Gasteiger partial charge >= 0.3 is 0 Å². The normalized spacial score (nSPS) is 11.4. The maximum atomic E-state index is 9.48. The standard InChI is InChI=1S/C54H32N4/c55-33-34-15-16-42-32-43(26-25-41(42)31-34)45-28-30-49-47-14-8-7-13-46(47)48-29-27-44(50(45)51(48)49)37-21-17-35(18-22-37)36-19-23-40(24-20-36)54-57-52(38-9-3-1-4-10-38)56-53(58-54)39-11-5-2-6-12-39/h1-32H. The maximum Gasteiger partial charge on any atom is 0.164 e. The third kappa shape index (κ3) is 5.65. The fraction of sp³-hybridized carbons (Fsp3) is 0. The van der Waals surface area contributed by atoms with Gasteiger partial charge in [0.1, 0.15) is 0 Å². The minimum absolute atomic E-state index is 0.637. The van der Waals surface area contributed by atoms with Crippen LogP contribution in [0.15, 0.2) is 194 Å². The molecule has 0 N–H and O–H groups in total. The van der Waals surface area contributed by atoms with Gasteiger partial charge in [0.05, 0.1) is 11.6 Å². The van der Waals surface area contributed by atoms with E-state index in [0.29, 0.717) is 23.0 Å². The van der Waals surface area contributed by atoms with Gasteiger partial charge in [-0.2, -0.15) is 5.26 Å². The molecule has 9 aromatic carbocycles. The summed E-state index contributed by atoms with van der Waals surface area (Å²) in [5.74, 6) is 1.93. The molecule has 4 nitrogen and oxygen atoms in total. The van der Waals surface area contributed by atoms with Crippen LogP contribution in [0.25, 0.3) is 111 Å². The Hall–Kier alpha value is -8.00. The highest BCUT2D eigenvalue weighted by Gasteiger charge is 2.25. The quantitative estimate of drug-likeness (QED) is 0.170. The number of nitrogens with zero attached hydrogens (tertiary/aromatic N) is 4. The molecule has 1 aromatic heterocycles. The summed E-state index contributed by atoms with van der Waals surface area (Å²) < 4.78 is 0. The molecule has 4 heteroatoms. The Bertz CT molecular complexity index is 3170. The van der Waals surface area contributed by atoms with Crippen molar-refractivity contribution >= 4 is 21.5 Å². The number of hydrogen-bond donors (Lipinski definition) is 0. The Balaban J connectivity index is 0.979. The summed E-state index contributed by atoms with van der Waals surface area (Å²) in [7, 11) is 0. The fourth-order valence-electron chi connectivity index (χ4n) is 8.45. The van der Waals surface area contributed by atoms with Crippen LogP contribution in [0.1, 0.15) is 5.56 Å². The molecule has 0 aliphatic heterocycles. The van der Waals surface area contributed by atoms with Crippen molar-refractivity contribution in [2.75, 3.05) is 0 Å². The Morgan fingerprint density at radius 2 is 0.690 bits per heavy atom. The van der Waals surface area contributed by atoms with Gasteiger partial charge in [-0.1, -0.05) is 176 Å². The molecule has 0 bridgehead atoms. The predicted octanol–water partition coefficient (Wildman–Crippen LogP) is 13.7. The topological polar surface area (TPSA) is 62.5 Å². The van der Waals surface area contributed by atoms with Crippen LogP contribution in [-0.2, 0) is 0 Å². The van der Waals surface area contributed by atoms with Gasteiger partial charge in [-0.3, -0.25) is 0 Å². The van der Waals surface area contributed by atoms with E-state index in [2.05, 4.69) is 121 Å². The third-order valence-corrected chi connectivity index (χ3v) is 11.3. The van der Waals surface area contributed by atoms with Crippen molar-refractivity contribution in [2.45, 2.75) is 0 Å². The summed E-state index contributed by atoms with van der Waals surface area (Å²) in [4.78, 5) is 14.7. The van der Waals surface area contributed by atoms with Crippen molar-refractivity contribution in [1.29, 1.82) is 5.26 Å². The molecule has 268 valence electrons. The van der Waals surface area contributed by atoms with Crippen LogP contribution in [0.2, 0.25) is 0 Å². The third-order valence-electron chi connectivity index (χ3n) is 11.3. The highest BCUT2D eigenvalue weighted by molar-refractivity contribution is 6.22. The minimum Gasteiger partial charge on any atom is -0.208 e. The van der Waals surface area contributed by atoms with Crippen molar-refractivity contribution in [1.82, 2.24) is 15.0 Å². The molecule has 10 aromatic rings. The van der Waals surface area contributed by atoms with Gasteiger partial charge in [-0.25, -0.2) is 15.0 Å². The van der Waals surface area contributed by atoms with Crippen molar-refractivity contribution in [3.05, 3.63) is 200 Å².